The molecule has 1 atom stereocenters. The lowest BCUT2D eigenvalue weighted by Gasteiger charge is -2.26. The van der Waals surface area contributed by atoms with Gasteiger partial charge in [-0.25, -0.2) is 0 Å². The fourth-order valence-corrected chi connectivity index (χ4v) is 1.96. The summed E-state index contributed by atoms with van der Waals surface area (Å²) in [6.45, 7) is 7.00. The average Bonchev–Trinajstić information content (AvgIpc) is 2.40. The summed E-state index contributed by atoms with van der Waals surface area (Å²) in [4.78, 5) is 2.34. The Balaban J connectivity index is 1.72. The van der Waals surface area contributed by atoms with Crippen LogP contribution >= 0.6 is 0 Å². The first-order chi connectivity index (χ1) is 8.75. The molecule has 1 aromatic carbocycles. The van der Waals surface area contributed by atoms with Crippen LogP contribution in [0.1, 0.15) is 18.6 Å². The molecule has 0 aromatic heterocycles. The predicted octanol–water partition coefficient (Wildman–Crippen LogP) is 1.45. The quantitative estimate of drug-likeness (QED) is 0.860. The van der Waals surface area contributed by atoms with Gasteiger partial charge >= 0.3 is 0 Å². The SMILES string of the molecule is C[C@H](O)c1ccc(OCCN2CCOCC2)cc1. The van der Waals surface area contributed by atoms with E-state index in [-0.39, 0.29) is 0 Å². The van der Waals surface area contributed by atoms with Crippen LogP contribution in [0.4, 0.5) is 0 Å². The fourth-order valence-electron chi connectivity index (χ4n) is 1.96. The summed E-state index contributed by atoms with van der Waals surface area (Å²) in [5.41, 5.74) is 0.913. The minimum Gasteiger partial charge on any atom is -0.492 e. The average molecular weight is 251 g/mol. The van der Waals surface area contributed by atoms with Crippen molar-refractivity contribution in [3.63, 3.8) is 0 Å². The molecule has 0 unspecified atom stereocenters. The smallest absolute Gasteiger partial charge is 0.119 e. The second-order valence-electron chi connectivity index (χ2n) is 4.55. The van der Waals surface area contributed by atoms with Gasteiger partial charge in [0.05, 0.1) is 19.3 Å². The lowest BCUT2D eigenvalue weighted by Crippen LogP contribution is -2.38. The number of nitrogens with zero attached hydrogens (tertiary/aromatic N) is 1. The third-order valence-electron chi connectivity index (χ3n) is 3.14. The summed E-state index contributed by atoms with van der Waals surface area (Å²) < 4.78 is 11.0. The van der Waals surface area contributed by atoms with Crippen molar-refractivity contribution in [2.45, 2.75) is 13.0 Å². The van der Waals surface area contributed by atoms with Crippen LogP contribution in [-0.4, -0.2) is 49.5 Å². The molecule has 0 spiro atoms. The number of morpholine rings is 1. The van der Waals surface area contributed by atoms with Crippen LogP contribution in [0, 0.1) is 0 Å². The molecule has 4 heteroatoms. The molecule has 2 rings (SSSR count). The van der Waals surface area contributed by atoms with E-state index in [4.69, 9.17) is 9.47 Å². The Morgan fingerprint density at radius 1 is 1.28 bits per heavy atom. The number of hydrogen-bond acceptors (Lipinski definition) is 4. The molecule has 1 saturated heterocycles. The Bertz CT molecular complexity index is 345. The van der Waals surface area contributed by atoms with Crippen LogP contribution in [-0.2, 0) is 4.74 Å². The number of benzene rings is 1. The maximum absolute atomic E-state index is 9.40. The van der Waals surface area contributed by atoms with E-state index in [0.29, 0.717) is 6.61 Å². The molecule has 100 valence electrons. The van der Waals surface area contributed by atoms with Gasteiger partial charge < -0.3 is 14.6 Å². The lowest BCUT2D eigenvalue weighted by molar-refractivity contribution is 0.0322. The van der Waals surface area contributed by atoms with Crippen molar-refractivity contribution in [3.05, 3.63) is 29.8 Å². The van der Waals surface area contributed by atoms with Crippen molar-refractivity contribution in [1.29, 1.82) is 0 Å². The molecule has 18 heavy (non-hydrogen) atoms. The highest BCUT2D eigenvalue weighted by atomic mass is 16.5. The van der Waals surface area contributed by atoms with Gasteiger partial charge in [0.25, 0.3) is 0 Å². The predicted molar refractivity (Wildman–Crippen MR) is 69.8 cm³/mol. The van der Waals surface area contributed by atoms with Crippen molar-refractivity contribution in [1.82, 2.24) is 4.90 Å². The van der Waals surface area contributed by atoms with Crippen molar-refractivity contribution in [2.24, 2.45) is 0 Å². The second kappa shape index (κ2) is 6.73. The molecule has 1 heterocycles. The molecule has 1 N–H and O–H groups in total. The van der Waals surface area contributed by atoms with Gasteiger partial charge in [0.15, 0.2) is 0 Å². The number of rotatable bonds is 5. The minimum absolute atomic E-state index is 0.424. The van der Waals surface area contributed by atoms with E-state index in [1.807, 2.05) is 24.3 Å². The highest BCUT2D eigenvalue weighted by Gasteiger charge is 2.09. The Hall–Kier alpha value is -1.10. The maximum Gasteiger partial charge on any atom is 0.119 e. The van der Waals surface area contributed by atoms with Crippen LogP contribution in [0.3, 0.4) is 0 Å². The zero-order valence-corrected chi connectivity index (χ0v) is 10.8. The Morgan fingerprint density at radius 3 is 2.56 bits per heavy atom. The fraction of sp³-hybridized carbons (Fsp3) is 0.571. The van der Waals surface area contributed by atoms with Gasteiger partial charge in [-0.15, -0.1) is 0 Å². The van der Waals surface area contributed by atoms with Gasteiger partial charge in [-0.2, -0.15) is 0 Å². The molecule has 0 radical (unpaired) electrons. The van der Waals surface area contributed by atoms with E-state index < -0.39 is 6.10 Å². The van der Waals surface area contributed by atoms with E-state index in [1.54, 1.807) is 6.92 Å². The highest BCUT2D eigenvalue weighted by molar-refractivity contribution is 5.28. The van der Waals surface area contributed by atoms with Crippen molar-refractivity contribution in [3.8, 4) is 5.75 Å². The molecule has 0 aliphatic carbocycles. The van der Waals surface area contributed by atoms with Gasteiger partial charge in [-0.1, -0.05) is 12.1 Å². The van der Waals surface area contributed by atoms with E-state index in [2.05, 4.69) is 4.90 Å². The topological polar surface area (TPSA) is 41.9 Å². The summed E-state index contributed by atoms with van der Waals surface area (Å²) in [5, 5.41) is 9.40. The maximum atomic E-state index is 9.40. The molecule has 1 aromatic rings. The zero-order chi connectivity index (χ0) is 12.8. The molecule has 1 fully saturated rings. The van der Waals surface area contributed by atoms with E-state index in [9.17, 15) is 5.11 Å². The number of ether oxygens (including phenoxy) is 2. The first kappa shape index (κ1) is 13.3. The van der Waals surface area contributed by atoms with Crippen molar-refractivity contribution >= 4 is 0 Å². The van der Waals surface area contributed by atoms with Gasteiger partial charge in [0, 0.05) is 19.6 Å². The van der Waals surface area contributed by atoms with Crippen LogP contribution in [0.2, 0.25) is 0 Å². The monoisotopic (exact) mass is 251 g/mol. The van der Waals surface area contributed by atoms with E-state index in [1.165, 1.54) is 0 Å². The first-order valence-electron chi connectivity index (χ1n) is 6.46. The largest absolute Gasteiger partial charge is 0.492 e. The Kier molecular flexibility index (Phi) is 4.99. The van der Waals surface area contributed by atoms with Crippen LogP contribution in [0.25, 0.3) is 0 Å². The van der Waals surface area contributed by atoms with E-state index >= 15 is 0 Å². The van der Waals surface area contributed by atoms with E-state index in [0.717, 1.165) is 44.2 Å². The Labute approximate surface area is 108 Å². The van der Waals surface area contributed by atoms with Gasteiger partial charge in [0.1, 0.15) is 12.4 Å². The van der Waals surface area contributed by atoms with Gasteiger partial charge in [-0.3, -0.25) is 4.90 Å². The molecular weight excluding hydrogens is 230 g/mol. The number of hydrogen-bond donors (Lipinski definition) is 1. The van der Waals surface area contributed by atoms with Gasteiger partial charge in [0.2, 0.25) is 0 Å². The zero-order valence-electron chi connectivity index (χ0n) is 10.8. The summed E-state index contributed by atoms with van der Waals surface area (Å²) >= 11 is 0. The normalized spacial score (nSPS) is 18.6. The highest BCUT2D eigenvalue weighted by Crippen LogP contribution is 2.17. The molecule has 1 aliphatic heterocycles. The number of aliphatic hydroxyl groups is 1. The molecular formula is C14H21NO3. The van der Waals surface area contributed by atoms with Crippen molar-refractivity contribution < 1.29 is 14.6 Å². The molecule has 0 bridgehead atoms. The number of aliphatic hydroxyl groups excluding tert-OH is 1. The third kappa shape index (κ3) is 3.98. The van der Waals surface area contributed by atoms with Crippen LogP contribution in [0.15, 0.2) is 24.3 Å². The molecule has 4 nitrogen and oxygen atoms in total. The second-order valence-corrected chi connectivity index (χ2v) is 4.55. The minimum atomic E-state index is -0.424. The third-order valence-corrected chi connectivity index (χ3v) is 3.14. The molecule has 0 saturated carbocycles. The molecule has 0 amide bonds. The molecule has 1 aliphatic rings. The standard InChI is InChI=1S/C14H21NO3/c1-12(16)13-2-4-14(5-3-13)18-11-8-15-6-9-17-10-7-15/h2-5,12,16H,6-11H2,1H3/t12-/m0/s1. The summed E-state index contributed by atoms with van der Waals surface area (Å²) in [6, 6.07) is 7.60. The van der Waals surface area contributed by atoms with Crippen molar-refractivity contribution in [2.75, 3.05) is 39.5 Å². The van der Waals surface area contributed by atoms with Crippen LogP contribution < -0.4 is 4.74 Å². The van der Waals surface area contributed by atoms with Gasteiger partial charge in [-0.05, 0) is 24.6 Å². The summed E-state index contributed by atoms with van der Waals surface area (Å²) in [7, 11) is 0. The summed E-state index contributed by atoms with van der Waals surface area (Å²) in [6.07, 6.45) is -0.424. The van der Waals surface area contributed by atoms with Crippen LogP contribution in [0.5, 0.6) is 5.75 Å². The lowest BCUT2D eigenvalue weighted by atomic mass is 10.1. The first-order valence-corrected chi connectivity index (χ1v) is 6.46. The Morgan fingerprint density at radius 2 is 1.94 bits per heavy atom. The summed E-state index contributed by atoms with van der Waals surface area (Å²) in [5.74, 6) is 0.854.